The molecule has 4 heteroatoms. The van der Waals surface area contributed by atoms with E-state index in [2.05, 4.69) is 39.4 Å². The molecule has 4 rings (SSSR count). The quantitative estimate of drug-likeness (QED) is 0.519. The summed E-state index contributed by atoms with van der Waals surface area (Å²) < 4.78 is 0.970. The molecule has 0 atom stereocenters. The summed E-state index contributed by atoms with van der Waals surface area (Å²) in [6.45, 7) is 4.06. The Morgan fingerprint density at radius 3 is 2.50 bits per heavy atom. The maximum Gasteiger partial charge on any atom is 0.252 e. The maximum atomic E-state index is 13.4. The van der Waals surface area contributed by atoms with E-state index in [9.17, 15) is 4.79 Å². The van der Waals surface area contributed by atoms with Crippen molar-refractivity contribution in [3.63, 3.8) is 0 Å². The van der Waals surface area contributed by atoms with Crippen molar-refractivity contribution >= 4 is 32.7 Å². The Kier molecular flexibility index (Phi) is 5.49. The average Bonchev–Trinajstić information content (AvgIpc) is 2.69. The standard InChI is InChI=1S/C24H25BrN2O/c1-15-13-18(25)14-20-21(24(28)26-19-11-7-4-8-12-19)16(2)23(27-22(15)20)17-9-5-3-6-10-17/h3,5-6,9-10,13-14,19H,4,7-8,11-12H2,1-2H3,(H,26,28). The fraction of sp³-hybridized carbons (Fsp3) is 0.333. The first-order valence-electron chi connectivity index (χ1n) is 10.0. The highest BCUT2D eigenvalue weighted by molar-refractivity contribution is 9.10. The molecule has 1 N–H and O–H groups in total. The van der Waals surface area contributed by atoms with Gasteiger partial charge < -0.3 is 5.32 Å². The average molecular weight is 437 g/mol. The molecule has 0 aliphatic heterocycles. The van der Waals surface area contributed by atoms with E-state index in [1.54, 1.807) is 0 Å². The highest BCUT2D eigenvalue weighted by Gasteiger charge is 2.23. The van der Waals surface area contributed by atoms with E-state index in [-0.39, 0.29) is 11.9 Å². The summed E-state index contributed by atoms with van der Waals surface area (Å²) >= 11 is 3.59. The van der Waals surface area contributed by atoms with Gasteiger partial charge >= 0.3 is 0 Å². The van der Waals surface area contributed by atoms with Gasteiger partial charge in [0.2, 0.25) is 0 Å². The van der Waals surface area contributed by atoms with Gasteiger partial charge in [0.1, 0.15) is 0 Å². The predicted octanol–water partition coefficient (Wildman–Crippen LogP) is 6.34. The van der Waals surface area contributed by atoms with Gasteiger partial charge in [0.25, 0.3) is 5.91 Å². The summed E-state index contributed by atoms with van der Waals surface area (Å²) in [4.78, 5) is 18.4. The number of hydrogen-bond donors (Lipinski definition) is 1. The van der Waals surface area contributed by atoms with E-state index in [0.717, 1.165) is 56.2 Å². The zero-order chi connectivity index (χ0) is 19.7. The van der Waals surface area contributed by atoms with Crippen LogP contribution in [0.5, 0.6) is 0 Å². The summed E-state index contributed by atoms with van der Waals surface area (Å²) in [7, 11) is 0. The normalized spacial score (nSPS) is 15.0. The number of halogens is 1. The molecule has 2 aromatic carbocycles. The van der Waals surface area contributed by atoms with Crippen LogP contribution in [-0.2, 0) is 0 Å². The summed E-state index contributed by atoms with van der Waals surface area (Å²) in [6, 6.07) is 14.5. The number of aromatic nitrogens is 1. The number of nitrogens with one attached hydrogen (secondary N) is 1. The van der Waals surface area contributed by atoms with E-state index >= 15 is 0 Å². The predicted molar refractivity (Wildman–Crippen MR) is 119 cm³/mol. The van der Waals surface area contributed by atoms with E-state index < -0.39 is 0 Å². The molecule has 3 nitrogen and oxygen atoms in total. The van der Waals surface area contributed by atoms with E-state index in [4.69, 9.17) is 4.98 Å². The largest absolute Gasteiger partial charge is 0.349 e. The number of nitrogens with zero attached hydrogens (tertiary/aromatic N) is 1. The Balaban J connectivity index is 1.89. The van der Waals surface area contributed by atoms with Crippen LogP contribution in [-0.4, -0.2) is 16.9 Å². The molecule has 1 saturated carbocycles. The fourth-order valence-corrected chi connectivity index (χ4v) is 4.84. The van der Waals surface area contributed by atoms with Gasteiger partial charge in [-0.1, -0.05) is 65.5 Å². The highest BCUT2D eigenvalue weighted by Crippen LogP contribution is 2.33. The molecule has 144 valence electrons. The van der Waals surface area contributed by atoms with Crippen LogP contribution in [0.2, 0.25) is 0 Å². The van der Waals surface area contributed by atoms with Crippen molar-refractivity contribution in [2.75, 3.05) is 0 Å². The lowest BCUT2D eigenvalue weighted by Gasteiger charge is -2.24. The van der Waals surface area contributed by atoms with Crippen molar-refractivity contribution in [1.29, 1.82) is 0 Å². The van der Waals surface area contributed by atoms with Crippen molar-refractivity contribution in [2.45, 2.75) is 52.0 Å². The Morgan fingerprint density at radius 2 is 1.79 bits per heavy atom. The minimum atomic E-state index is 0.0199. The van der Waals surface area contributed by atoms with Crippen molar-refractivity contribution in [3.8, 4) is 11.3 Å². The third-order valence-corrected chi connectivity index (χ3v) is 6.16. The second kappa shape index (κ2) is 8.04. The molecule has 1 heterocycles. The lowest BCUT2D eigenvalue weighted by molar-refractivity contribution is 0.0929. The minimum absolute atomic E-state index is 0.0199. The molecule has 0 radical (unpaired) electrons. The van der Waals surface area contributed by atoms with E-state index in [0.29, 0.717) is 0 Å². The van der Waals surface area contributed by atoms with Crippen LogP contribution in [0.4, 0.5) is 0 Å². The van der Waals surface area contributed by atoms with Crippen molar-refractivity contribution in [2.24, 2.45) is 0 Å². The van der Waals surface area contributed by atoms with E-state index in [1.807, 2.05) is 38.1 Å². The lowest BCUT2D eigenvalue weighted by atomic mass is 9.93. The van der Waals surface area contributed by atoms with Gasteiger partial charge in [-0.2, -0.15) is 0 Å². The Hall–Kier alpha value is -2.20. The summed E-state index contributed by atoms with van der Waals surface area (Å²) in [5, 5.41) is 4.22. The number of fused-ring (bicyclic) bond motifs is 1. The van der Waals surface area contributed by atoms with Crippen molar-refractivity contribution in [3.05, 3.63) is 63.6 Å². The summed E-state index contributed by atoms with van der Waals surface area (Å²) in [6.07, 6.45) is 5.81. The molecule has 0 bridgehead atoms. The maximum absolute atomic E-state index is 13.4. The lowest BCUT2D eigenvalue weighted by Crippen LogP contribution is -2.36. The van der Waals surface area contributed by atoms with Crippen LogP contribution in [0.15, 0.2) is 46.9 Å². The molecule has 1 aliphatic rings. The van der Waals surface area contributed by atoms with Gasteiger partial charge in [0.05, 0.1) is 16.8 Å². The third-order valence-electron chi connectivity index (χ3n) is 5.70. The first-order valence-corrected chi connectivity index (χ1v) is 10.8. The molecule has 3 aromatic rings. The van der Waals surface area contributed by atoms with Crippen LogP contribution in [0, 0.1) is 13.8 Å². The first kappa shape index (κ1) is 19.1. The number of rotatable bonds is 3. The minimum Gasteiger partial charge on any atom is -0.349 e. The van der Waals surface area contributed by atoms with Gasteiger partial charge in [-0.25, -0.2) is 4.98 Å². The Morgan fingerprint density at radius 1 is 1.07 bits per heavy atom. The Bertz CT molecular complexity index is 1020. The van der Waals surface area contributed by atoms with Gasteiger partial charge in [-0.3, -0.25) is 4.79 Å². The summed E-state index contributed by atoms with van der Waals surface area (Å²) in [5.74, 6) is 0.0199. The van der Waals surface area contributed by atoms with Crippen molar-refractivity contribution in [1.82, 2.24) is 10.3 Å². The molecule has 1 fully saturated rings. The van der Waals surface area contributed by atoms with Gasteiger partial charge in [-0.05, 0) is 49.9 Å². The number of pyridine rings is 1. The topological polar surface area (TPSA) is 42.0 Å². The van der Waals surface area contributed by atoms with Crippen LogP contribution in [0.3, 0.4) is 0 Å². The molecule has 0 saturated heterocycles. The second-order valence-electron chi connectivity index (χ2n) is 7.75. The zero-order valence-corrected chi connectivity index (χ0v) is 18.0. The Labute approximate surface area is 174 Å². The summed E-state index contributed by atoms with van der Waals surface area (Å²) in [5.41, 5.74) is 5.56. The second-order valence-corrected chi connectivity index (χ2v) is 8.67. The first-order chi connectivity index (χ1) is 13.5. The zero-order valence-electron chi connectivity index (χ0n) is 16.4. The number of carbonyl (C=O) groups is 1. The molecule has 0 unspecified atom stereocenters. The molecule has 1 aliphatic carbocycles. The van der Waals surface area contributed by atoms with E-state index in [1.165, 1.54) is 19.3 Å². The SMILES string of the molecule is Cc1c(-c2ccccc2)nc2c(C)cc(Br)cc2c1C(=O)NC1CCCCC1. The van der Waals surface area contributed by atoms with Gasteiger partial charge in [0.15, 0.2) is 0 Å². The number of benzene rings is 2. The van der Waals surface area contributed by atoms with Crippen molar-refractivity contribution < 1.29 is 4.79 Å². The smallest absolute Gasteiger partial charge is 0.252 e. The third kappa shape index (κ3) is 3.70. The number of hydrogen-bond acceptors (Lipinski definition) is 2. The van der Waals surface area contributed by atoms with Crippen LogP contribution in [0.25, 0.3) is 22.2 Å². The van der Waals surface area contributed by atoms with Gasteiger partial charge in [-0.15, -0.1) is 0 Å². The number of carbonyl (C=O) groups excluding carboxylic acids is 1. The monoisotopic (exact) mass is 436 g/mol. The van der Waals surface area contributed by atoms with Crippen LogP contribution in [0.1, 0.15) is 53.6 Å². The highest BCUT2D eigenvalue weighted by atomic mass is 79.9. The molecule has 1 amide bonds. The molecule has 0 spiro atoms. The van der Waals surface area contributed by atoms with Crippen LogP contribution < -0.4 is 5.32 Å². The number of aryl methyl sites for hydroxylation is 1. The fourth-order valence-electron chi connectivity index (χ4n) is 4.26. The molecular weight excluding hydrogens is 412 g/mol. The molecule has 28 heavy (non-hydrogen) atoms. The van der Waals surface area contributed by atoms with Gasteiger partial charge in [0, 0.05) is 21.5 Å². The van der Waals surface area contributed by atoms with Crippen LogP contribution >= 0.6 is 15.9 Å². The molecule has 1 aromatic heterocycles. The molecular formula is C24H25BrN2O. The number of amides is 1.